The summed E-state index contributed by atoms with van der Waals surface area (Å²) in [7, 11) is -4.38. The Bertz CT molecular complexity index is 1290. The van der Waals surface area contributed by atoms with Crippen molar-refractivity contribution in [3.8, 4) is 6.07 Å². The van der Waals surface area contributed by atoms with E-state index in [1.807, 2.05) is 19.1 Å². The summed E-state index contributed by atoms with van der Waals surface area (Å²) < 4.78 is 23.2. The molecule has 5 N–H and O–H groups in total. The third-order valence-corrected chi connectivity index (χ3v) is 6.28. The lowest BCUT2D eigenvalue weighted by molar-refractivity contribution is -0.0610. The van der Waals surface area contributed by atoms with E-state index in [1.165, 1.54) is 4.57 Å². The van der Waals surface area contributed by atoms with Gasteiger partial charge in [0.1, 0.15) is 36.1 Å². The van der Waals surface area contributed by atoms with Crippen LogP contribution in [0.1, 0.15) is 30.3 Å². The molecular weight excluding hydrogens is 501 g/mol. The Labute approximate surface area is 204 Å². The van der Waals surface area contributed by atoms with Crippen LogP contribution in [0.5, 0.6) is 0 Å². The molecule has 1 fully saturated rings. The Kier molecular flexibility index (Phi) is 7.42. The third kappa shape index (κ3) is 5.64. The molecule has 1 aliphatic rings. The molecule has 0 radical (unpaired) electrons. The van der Waals surface area contributed by atoms with Gasteiger partial charge >= 0.3 is 7.60 Å². The van der Waals surface area contributed by atoms with E-state index in [-0.39, 0.29) is 17.9 Å². The smallest absolute Gasteiger partial charge is 0.350 e. The largest absolute Gasteiger partial charge is 0.387 e. The number of aromatic nitrogens is 3. The molecule has 0 unspecified atom stereocenters. The van der Waals surface area contributed by atoms with Gasteiger partial charge in [0.25, 0.3) is 0 Å². The van der Waals surface area contributed by atoms with Gasteiger partial charge in [0.05, 0.1) is 23.6 Å². The fourth-order valence-corrected chi connectivity index (χ4v) is 4.35. The van der Waals surface area contributed by atoms with Gasteiger partial charge < -0.3 is 39.4 Å². The minimum absolute atomic E-state index is 0.0541. The molecular formula is C21H23ClN5O7P. The quantitative estimate of drug-likeness (QED) is 0.214. The van der Waals surface area contributed by atoms with Crippen molar-refractivity contribution in [1.29, 1.82) is 5.26 Å². The van der Waals surface area contributed by atoms with Gasteiger partial charge in [0, 0.05) is 12.2 Å². The number of hydrogen-bond acceptors (Lipinski definition) is 9. The minimum Gasteiger partial charge on any atom is -0.387 e. The molecule has 0 spiro atoms. The van der Waals surface area contributed by atoms with Crippen LogP contribution in [0.25, 0.3) is 11.0 Å². The number of aliphatic hydroxyl groups excluding tert-OH is 2. The highest BCUT2D eigenvalue weighted by Gasteiger charge is 2.44. The number of halogens is 1. The number of fused-ring (bicyclic) bond motifs is 1. The zero-order valence-corrected chi connectivity index (χ0v) is 20.0. The van der Waals surface area contributed by atoms with Crippen molar-refractivity contribution >= 4 is 36.0 Å². The summed E-state index contributed by atoms with van der Waals surface area (Å²) in [6, 6.07) is 10.7. The zero-order chi connectivity index (χ0) is 25.3. The molecule has 0 aliphatic carbocycles. The fraction of sp³-hybridized carbons (Fsp3) is 0.381. The SMILES string of the molecule is C[C@@H](Nc1nc(Cl)nc2c1ccn2[C@@H]1O[C@H](COCP(=O)(O)O)[C@@H](O)[C@H]1O)c1ccc(C#N)cc1. The second-order valence-corrected chi connectivity index (χ2v) is 10.0. The van der Waals surface area contributed by atoms with Crippen molar-refractivity contribution in [1.82, 2.24) is 14.5 Å². The van der Waals surface area contributed by atoms with Crippen LogP contribution >= 0.6 is 19.2 Å². The second kappa shape index (κ2) is 10.2. The van der Waals surface area contributed by atoms with Crippen LogP contribution in [0, 0.1) is 11.3 Å². The van der Waals surface area contributed by atoms with Gasteiger partial charge in [-0.1, -0.05) is 12.1 Å². The van der Waals surface area contributed by atoms with Gasteiger partial charge in [-0.05, 0) is 42.3 Å². The maximum absolute atomic E-state index is 11.0. The van der Waals surface area contributed by atoms with Crippen molar-refractivity contribution in [2.45, 2.75) is 37.5 Å². The Hall–Kier alpha value is -2.59. The number of hydrogen-bond donors (Lipinski definition) is 5. The maximum Gasteiger partial charge on any atom is 0.350 e. The molecule has 35 heavy (non-hydrogen) atoms. The molecule has 4 rings (SSSR count). The Balaban J connectivity index is 1.56. The molecule has 1 saturated heterocycles. The summed E-state index contributed by atoms with van der Waals surface area (Å²) in [5, 5.41) is 33.7. The molecule has 0 bridgehead atoms. The monoisotopic (exact) mass is 523 g/mol. The summed E-state index contributed by atoms with van der Waals surface area (Å²) in [6.07, 6.45) is -4.03. The van der Waals surface area contributed by atoms with E-state index in [0.29, 0.717) is 22.4 Å². The van der Waals surface area contributed by atoms with Crippen molar-refractivity contribution < 1.29 is 34.0 Å². The molecule has 186 valence electrons. The molecule has 3 heterocycles. The predicted octanol–water partition coefficient (Wildman–Crippen LogP) is 1.90. The average molecular weight is 524 g/mol. The first-order chi connectivity index (χ1) is 16.6. The Morgan fingerprint density at radius 1 is 1.26 bits per heavy atom. The standard InChI is InChI=1S/C21H23ClN5O7P/c1-11(13-4-2-12(8-23)3-5-13)24-18-14-6-7-27(19(14)26-21(22)25-18)20-17(29)16(28)15(34-20)9-33-10-35(30,31)32/h2-7,11,15-17,20,28-29H,9-10H2,1H3,(H,24,25,26)(H2,30,31,32)/t11-,15-,16-,17-,20-/m1/s1. The topological polar surface area (TPSA) is 183 Å². The average Bonchev–Trinajstić information content (AvgIpc) is 3.34. The van der Waals surface area contributed by atoms with Crippen molar-refractivity contribution in [2.75, 3.05) is 18.3 Å². The summed E-state index contributed by atoms with van der Waals surface area (Å²) >= 11 is 6.18. The Morgan fingerprint density at radius 3 is 2.63 bits per heavy atom. The van der Waals surface area contributed by atoms with Crippen LogP contribution in [0.15, 0.2) is 36.5 Å². The van der Waals surface area contributed by atoms with E-state index in [2.05, 4.69) is 21.4 Å². The van der Waals surface area contributed by atoms with Gasteiger partial charge in [-0.25, -0.2) is 4.98 Å². The molecule has 14 heteroatoms. The van der Waals surface area contributed by atoms with Gasteiger partial charge in [-0.2, -0.15) is 10.2 Å². The molecule has 5 atom stereocenters. The number of nitriles is 1. The molecule has 0 amide bonds. The van der Waals surface area contributed by atoms with Gasteiger partial charge in [0.2, 0.25) is 5.28 Å². The lowest BCUT2D eigenvalue weighted by atomic mass is 10.1. The van der Waals surface area contributed by atoms with Crippen LogP contribution in [0.2, 0.25) is 5.28 Å². The van der Waals surface area contributed by atoms with E-state index in [9.17, 15) is 14.8 Å². The Morgan fingerprint density at radius 2 is 1.97 bits per heavy atom. The minimum atomic E-state index is -4.38. The summed E-state index contributed by atoms with van der Waals surface area (Å²) in [5.41, 5.74) is 1.81. The van der Waals surface area contributed by atoms with E-state index in [1.54, 1.807) is 24.4 Å². The lowest BCUT2D eigenvalue weighted by Crippen LogP contribution is -2.33. The first kappa shape index (κ1) is 25.5. The van der Waals surface area contributed by atoms with Crippen LogP contribution < -0.4 is 5.32 Å². The number of nitrogens with zero attached hydrogens (tertiary/aromatic N) is 4. The van der Waals surface area contributed by atoms with E-state index in [0.717, 1.165) is 5.56 Å². The van der Waals surface area contributed by atoms with E-state index < -0.39 is 38.5 Å². The number of rotatable bonds is 8. The van der Waals surface area contributed by atoms with Gasteiger partial charge in [0.15, 0.2) is 6.23 Å². The molecule has 0 saturated carbocycles. The number of benzene rings is 1. The van der Waals surface area contributed by atoms with Crippen molar-refractivity contribution in [2.24, 2.45) is 0 Å². The first-order valence-corrected chi connectivity index (χ1v) is 12.7. The number of aliphatic hydroxyl groups is 2. The van der Waals surface area contributed by atoms with Crippen molar-refractivity contribution in [3.05, 3.63) is 52.9 Å². The molecule has 1 aliphatic heterocycles. The summed E-state index contributed by atoms with van der Waals surface area (Å²) in [5.74, 6) is 0.435. The van der Waals surface area contributed by atoms with Gasteiger partial charge in [-0.3, -0.25) is 4.57 Å². The summed E-state index contributed by atoms with van der Waals surface area (Å²) in [6.45, 7) is 1.59. The molecule has 1 aromatic carbocycles. The predicted molar refractivity (Wildman–Crippen MR) is 125 cm³/mol. The highest BCUT2D eigenvalue weighted by Crippen LogP contribution is 2.37. The summed E-state index contributed by atoms with van der Waals surface area (Å²) in [4.78, 5) is 26.4. The normalized spacial score (nSPS) is 23.3. The van der Waals surface area contributed by atoms with E-state index >= 15 is 0 Å². The molecule has 2 aromatic heterocycles. The van der Waals surface area contributed by atoms with Crippen LogP contribution in [0.4, 0.5) is 5.82 Å². The van der Waals surface area contributed by atoms with Crippen LogP contribution in [-0.2, 0) is 14.0 Å². The number of ether oxygens (including phenoxy) is 2. The lowest BCUT2D eigenvalue weighted by Gasteiger charge is -2.19. The first-order valence-electron chi connectivity index (χ1n) is 10.5. The van der Waals surface area contributed by atoms with Gasteiger partial charge in [-0.15, -0.1) is 0 Å². The van der Waals surface area contributed by atoms with E-state index in [4.69, 9.17) is 36.1 Å². The molecule has 3 aromatic rings. The van der Waals surface area contributed by atoms with Crippen LogP contribution in [0.3, 0.4) is 0 Å². The van der Waals surface area contributed by atoms with Crippen molar-refractivity contribution in [3.63, 3.8) is 0 Å². The molecule has 12 nitrogen and oxygen atoms in total. The maximum atomic E-state index is 11.0. The zero-order valence-electron chi connectivity index (χ0n) is 18.4. The van der Waals surface area contributed by atoms with Crippen LogP contribution in [-0.4, -0.2) is 65.8 Å². The fourth-order valence-electron chi connectivity index (χ4n) is 3.84. The third-order valence-electron chi connectivity index (χ3n) is 5.59. The number of nitrogens with one attached hydrogen (secondary N) is 1. The second-order valence-electron chi connectivity index (χ2n) is 8.11. The highest BCUT2D eigenvalue weighted by atomic mass is 35.5. The number of anilines is 1. The highest BCUT2D eigenvalue weighted by molar-refractivity contribution is 7.51.